The van der Waals surface area contributed by atoms with Crippen LogP contribution in [0.1, 0.15) is 142 Å². The Labute approximate surface area is 240 Å². The average Bonchev–Trinajstić information content (AvgIpc) is 2.88. The molecule has 0 aliphatic heterocycles. The summed E-state index contributed by atoms with van der Waals surface area (Å²) in [5.41, 5.74) is 0. The summed E-state index contributed by atoms with van der Waals surface area (Å²) >= 11 is 0. The Kier molecular flexibility index (Phi) is 25.8. The summed E-state index contributed by atoms with van der Waals surface area (Å²) in [5, 5.41) is 13.0. The molecule has 0 aliphatic carbocycles. The molecule has 3 N–H and O–H groups in total. The molecule has 0 heterocycles. The van der Waals surface area contributed by atoms with Gasteiger partial charge < -0.3 is 10.4 Å². The van der Waals surface area contributed by atoms with Gasteiger partial charge in [0.2, 0.25) is 5.91 Å². The molecule has 0 radical (unpaired) electrons. The predicted octanol–water partition coefficient (Wildman–Crippen LogP) is 8.23. The molecule has 2 unspecified atom stereocenters. The van der Waals surface area contributed by atoms with Crippen molar-refractivity contribution in [2.45, 2.75) is 154 Å². The minimum Gasteiger partial charge on any atom is -0.387 e. The molecular formula is C32H59NO5S. The van der Waals surface area contributed by atoms with E-state index in [2.05, 4.69) is 43.5 Å². The molecule has 7 heteroatoms. The molecule has 0 aromatic carbocycles. The molecular weight excluding hydrogens is 510 g/mol. The maximum absolute atomic E-state index is 12.3. The van der Waals surface area contributed by atoms with E-state index in [1.54, 1.807) is 6.08 Å². The smallest absolute Gasteiger partial charge is 0.267 e. The van der Waals surface area contributed by atoms with Gasteiger partial charge in [-0.1, -0.05) is 121 Å². The normalized spacial score (nSPS) is 14.1. The van der Waals surface area contributed by atoms with Crippen molar-refractivity contribution in [2.75, 3.05) is 5.75 Å². The molecule has 1 amide bonds. The summed E-state index contributed by atoms with van der Waals surface area (Å²) in [7, 11) is -4.34. The Balaban J connectivity index is 3.97. The van der Waals surface area contributed by atoms with E-state index in [0.717, 1.165) is 51.4 Å². The molecule has 0 spiro atoms. The van der Waals surface area contributed by atoms with Crippen molar-refractivity contribution >= 4 is 16.0 Å². The lowest BCUT2D eigenvalue weighted by Crippen LogP contribution is -2.46. The van der Waals surface area contributed by atoms with Gasteiger partial charge in [0.25, 0.3) is 10.1 Å². The maximum atomic E-state index is 12.3. The minimum atomic E-state index is -4.34. The number of hydrogen-bond acceptors (Lipinski definition) is 4. The highest BCUT2D eigenvalue weighted by molar-refractivity contribution is 7.85. The molecule has 0 aromatic heterocycles. The zero-order valence-electron chi connectivity index (χ0n) is 25.0. The van der Waals surface area contributed by atoms with Crippen LogP contribution in [0.3, 0.4) is 0 Å². The summed E-state index contributed by atoms with van der Waals surface area (Å²) in [6.07, 6.45) is 33.0. The average molecular weight is 570 g/mol. The van der Waals surface area contributed by atoms with Gasteiger partial charge in [0.15, 0.2) is 0 Å². The third kappa shape index (κ3) is 27.9. The molecule has 39 heavy (non-hydrogen) atoms. The van der Waals surface area contributed by atoms with Gasteiger partial charge >= 0.3 is 0 Å². The van der Waals surface area contributed by atoms with E-state index in [-0.39, 0.29) is 12.3 Å². The molecule has 2 atom stereocenters. The van der Waals surface area contributed by atoms with E-state index in [1.807, 2.05) is 0 Å². The molecule has 0 rings (SSSR count). The van der Waals surface area contributed by atoms with Crippen LogP contribution in [0.5, 0.6) is 0 Å². The minimum absolute atomic E-state index is 0.282. The predicted molar refractivity (Wildman–Crippen MR) is 165 cm³/mol. The van der Waals surface area contributed by atoms with Crippen molar-refractivity contribution in [1.29, 1.82) is 0 Å². The van der Waals surface area contributed by atoms with Crippen LogP contribution in [0.2, 0.25) is 0 Å². The second-order valence-electron chi connectivity index (χ2n) is 10.7. The van der Waals surface area contributed by atoms with Gasteiger partial charge in [-0.3, -0.25) is 9.35 Å². The number of aliphatic hydroxyl groups excluding tert-OH is 1. The van der Waals surface area contributed by atoms with E-state index >= 15 is 0 Å². The first kappa shape index (κ1) is 37.6. The number of carbonyl (C=O) groups excluding carboxylic acids is 1. The van der Waals surface area contributed by atoms with Crippen LogP contribution in [-0.2, 0) is 14.9 Å². The first-order chi connectivity index (χ1) is 18.8. The zero-order valence-corrected chi connectivity index (χ0v) is 25.8. The molecule has 0 aliphatic rings. The van der Waals surface area contributed by atoms with E-state index in [9.17, 15) is 22.9 Å². The molecule has 0 aromatic rings. The Hall–Kier alpha value is -1.44. The maximum Gasteiger partial charge on any atom is 0.267 e. The van der Waals surface area contributed by atoms with Crippen molar-refractivity contribution < 1.29 is 22.9 Å². The van der Waals surface area contributed by atoms with Gasteiger partial charge in [-0.15, -0.1) is 0 Å². The number of nitrogens with one attached hydrogen (secondary N) is 1. The second kappa shape index (κ2) is 26.8. The van der Waals surface area contributed by atoms with Crippen molar-refractivity contribution in [3.63, 3.8) is 0 Å². The van der Waals surface area contributed by atoms with Crippen LogP contribution in [0.25, 0.3) is 0 Å². The number of allylic oxidation sites excluding steroid dienone is 5. The lowest BCUT2D eigenvalue weighted by atomic mass is 10.1. The number of carbonyl (C=O) groups is 1. The quantitative estimate of drug-likeness (QED) is 0.0525. The highest BCUT2D eigenvalue weighted by Gasteiger charge is 2.24. The van der Waals surface area contributed by atoms with E-state index in [4.69, 9.17) is 0 Å². The monoisotopic (exact) mass is 569 g/mol. The summed E-state index contributed by atoms with van der Waals surface area (Å²) in [6, 6.07) is -1.07. The van der Waals surface area contributed by atoms with Gasteiger partial charge in [-0.05, 0) is 51.4 Å². The van der Waals surface area contributed by atoms with Crippen molar-refractivity contribution in [1.82, 2.24) is 5.32 Å². The Morgan fingerprint density at radius 2 is 1.15 bits per heavy atom. The SMILES string of the molecule is CCC/C=C/CC/C=C/C(O)C(CS(=O)(=O)O)NC(=O)CCCCCCCCC/C=C\CCCCCCCC. The summed E-state index contributed by atoms with van der Waals surface area (Å²) in [6.45, 7) is 4.37. The largest absolute Gasteiger partial charge is 0.387 e. The molecule has 0 saturated heterocycles. The van der Waals surface area contributed by atoms with Gasteiger partial charge in [0.1, 0.15) is 0 Å². The van der Waals surface area contributed by atoms with Crippen LogP contribution in [0.15, 0.2) is 36.5 Å². The molecule has 0 bridgehead atoms. The van der Waals surface area contributed by atoms with Gasteiger partial charge in [-0.2, -0.15) is 8.42 Å². The summed E-state index contributed by atoms with van der Waals surface area (Å²) in [4.78, 5) is 12.3. The highest BCUT2D eigenvalue weighted by atomic mass is 32.2. The van der Waals surface area contributed by atoms with Gasteiger partial charge in [0, 0.05) is 6.42 Å². The lowest BCUT2D eigenvalue weighted by molar-refractivity contribution is -0.122. The van der Waals surface area contributed by atoms with E-state index in [1.165, 1.54) is 70.3 Å². The Bertz CT molecular complexity index is 761. The fourth-order valence-corrected chi connectivity index (χ4v) is 5.14. The molecule has 6 nitrogen and oxygen atoms in total. The number of unbranched alkanes of at least 4 members (excludes halogenated alkanes) is 15. The first-order valence-corrected chi connectivity index (χ1v) is 17.3. The number of aliphatic hydroxyl groups is 1. The topological polar surface area (TPSA) is 104 Å². The highest BCUT2D eigenvalue weighted by Crippen LogP contribution is 2.12. The van der Waals surface area contributed by atoms with Crippen molar-refractivity contribution in [3.05, 3.63) is 36.5 Å². The first-order valence-electron chi connectivity index (χ1n) is 15.7. The van der Waals surface area contributed by atoms with Crippen molar-refractivity contribution in [2.24, 2.45) is 0 Å². The molecule has 0 fully saturated rings. The second-order valence-corrected chi connectivity index (χ2v) is 12.2. The summed E-state index contributed by atoms with van der Waals surface area (Å²) < 4.78 is 32.0. The zero-order chi connectivity index (χ0) is 29.0. The number of hydrogen-bond donors (Lipinski definition) is 3. The third-order valence-corrected chi connectivity index (χ3v) is 7.55. The fraction of sp³-hybridized carbons (Fsp3) is 0.781. The summed E-state index contributed by atoms with van der Waals surface area (Å²) in [5.74, 6) is -1.01. The van der Waals surface area contributed by atoms with Crippen LogP contribution in [0, 0.1) is 0 Å². The van der Waals surface area contributed by atoms with Crippen molar-refractivity contribution in [3.8, 4) is 0 Å². The molecule has 0 saturated carbocycles. The number of rotatable bonds is 27. The number of amides is 1. The van der Waals surface area contributed by atoms with Gasteiger partial charge in [0.05, 0.1) is 17.9 Å². The van der Waals surface area contributed by atoms with Crippen LogP contribution < -0.4 is 5.32 Å². The van der Waals surface area contributed by atoms with E-state index < -0.39 is 28.0 Å². The Morgan fingerprint density at radius 3 is 1.72 bits per heavy atom. The van der Waals surface area contributed by atoms with Crippen LogP contribution in [-0.4, -0.2) is 41.9 Å². The van der Waals surface area contributed by atoms with Gasteiger partial charge in [-0.25, -0.2) is 0 Å². The van der Waals surface area contributed by atoms with Crippen LogP contribution in [0.4, 0.5) is 0 Å². The van der Waals surface area contributed by atoms with E-state index in [0.29, 0.717) is 6.42 Å². The fourth-order valence-electron chi connectivity index (χ4n) is 4.41. The Morgan fingerprint density at radius 1 is 0.667 bits per heavy atom. The lowest BCUT2D eigenvalue weighted by Gasteiger charge is -2.21. The molecule has 228 valence electrons. The van der Waals surface area contributed by atoms with Crippen LogP contribution >= 0.6 is 0 Å². The third-order valence-electron chi connectivity index (χ3n) is 6.77. The standard InChI is InChI=1S/C32H59NO5S/c1-3-5-7-9-11-12-13-14-15-16-17-18-19-20-22-24-26-28-32(35)33-30(29-39(36,37)38)31(34)27-25-23-21-10-8-6-4-2/h8,10,14-15,25,27,30-31,34H,3-7,9,11-13,16-24,26,28-29H2,1-2H3,(H,33,35)(H,36,37,38)/b10-8+,15-14-,27-25+.